The minimum Gasteiger partial charge on any atom is -0.489 e. The van der Waals surface area contributed by atoms with Crippen LogP contribution in [0.15, 0.2) is 48.5 Å². The fourth-order valence-electron chi connectivity index (χ4n) is 1.98. The van der Waals surface area contributed by atoms with Gasteiger partial charge in [-0.3, -0.25) is 0 Å². The first-order chi connectivity index (χ1) is 9.20. The third-order valence-electron chi connectivity index (χ3n) is 3.37. The molecule has 0 aromatic heterocycles. The molecule has 100 valence electrons. The lowest BCUT2D eigenvalue weighted by Crippen LogP contribution is -2.00. The van der Waals surface area contributed by atoms with Crippen molar-refractivity contribution in [2.75, 3.05) is 0 Å². The maximum Gasteiger partial charge on any atom is 0.123 e. The Labute approximate surface area is 129 Å². The Morgan fingerprint density at radius 3 is 2.42 bits per heavy atom. The quantitative estimate of drug-likeness (QED) is 0.646. The zero-order valence-electron chi connectivity index (χ0n) is 11.4. The van der Waals surface area contributed by atoms with E-state index in [9.17, 15) is 0 Å². The van der Waals surface area contributed by atoms with Gasteiger partial charge < -0.3 is 4.74 Å². The van der Waals surface area contributed by atoms with Gasteiger partial charge in [0.25, 0.3) is 0 Å². The van der Waals surface area contributed by atoms with Gasteiger partial charge in [0.05, 0.1) is 0 Å². The first-order valence-electron chi connectivity index (χ1n) is 6.67. The molecular weight excluding hydrogens is 347 g/mol. The first kappa shape index (κ1) is 14.4. The molecule has 0 N–H and O–H groups in total. The van der Waals surface area contributed by atoms with Crippen molar-refractivity contribution in [3.05, 3.63) is 63.2 Å². The minimum absolute atomic E-state index is 0.535. The molecule has 0 fully saturated rings. The van der Waals surface area contributed by atoms with Crippen LogP contribution >= 0.6 is 22.6 Å². The van der Waals surface area contributed by atoms with Crippen LogP contribution in [-0.2, 0) is 6.61 Å². The van der Waals surface area contributed by atoms with Crippen molar-refractivity contribution in [2.45, 2.75) is 32.8 Å². The van der Waals surface area contributed by atoms with Crippen LogP contribution in [0.5, 0.6) is 5.75 Å². The summed E-state index contributed by atoms with van der Waals surface area (Å²) in [7, 11) is 0. The molecule has 0 spiro atoms. The molecule has 0 saturated carbocycles. The van der Waals surface area contributed by atoms with E-state index in [0.29, 0.717) is 12.5 Å². The molecular formula is C17H19IO. The van der Waals surface area contributed by atoms with E-state index < -0.39 is 0 Å². The average molecular weight is 366 g/mol. The van der Waals surface area contributed by atoms with E-state index in [1.807, 2.05) is 6.07 Å². The van der Waals surface area contributed by atoms with Crippen molar-refractivity contribution >= 4 is 22.6 Å². The van der Waals surface area contributed by atoms with E-state index in [0.717, 1.165) is 12.2 Å². The lowest BCUT2D eigenvalue weighted by atomic mass is 9.98. The lowest BCUT2D eigenvalue weighted by Gasteiger charge is -2.15. The fraction of sp³-hybridized carbons (Fsp3) is 0.294. The second-order valence-electron chi connectivity index (χ2n) is 4.76. The molecule has 2 heteroatoms. The third-order valence-corrected chi connectivity index (χ3v) is 4.09. The maximum absolute atomic E-state index is 5.98. The van der Waals surface area contributed by atoms with E-state index in [1.54, 1.807) is 0 Å². The predicted molar refractivity (Wildman–Crippen MR) is 88.6 cm³/mol. The summed E-state index contributed by atoms with van der Waals surface area (Å²) in [6.07, 6.45) is 1.13. The van der Waals surface area contributed by atoms with Gasteiger partial charge in [-0.1, -0.05) is 44.2 Å². The normalized spacial score (nSPS) is 12.2. The van der Waals surface area contributed by atoms with Crippen molar-refractivity contribution in [3.8, 4) is 5.75 Å². The monoisotopic (exact) mass is 366 g/mol. The Morgan fingerprint density at radius 1 is 1.05 bits per heavy atom. The second kappa shape index (κ2) is 6.94. The molecule has 1 unspecified atom stereocenters. The number of ether oxygens (including phenoxy) is 1. The van der Waals surface area contributed by atoms with Crippen LogP contribution in [0.4, 0.5) is 0 Å². The SMILES string of the molecule is CCC(C)c1ccccc1OCc1ccc(I)cc1. The molecule has 1 atom stereocenters. The highest BCUT2D eigenvalue weighted by atomic mass is 127. The largest absolute Gasteiger partial charge is 0.489 e. The van der Waals surface area contributed by atoms with E-state index in [4.69, 9.17) is 4.74 Å². The molecule has 0 bridgehead atoms. The molecule has 2 rings (SSSR count). The zero-order chi connectivity index (χ0) is 13.7. The summed E-state index contributed by atoms with van der Waals surface area (Å²) in [5.74, 6) is 1.54. The van der Waals surface area contributed by atoms with Gasteiger partial charge in [0.2, 0.25) is 0 Å². The number of benzene rings is 2. The number of hydrogen-bond acceptors (Lipinski definition) is 1. The van der Waals surface area contributed by atoms with E-state index in [1.165, 1.54) is 14.7 Å². The zero-order valence-corrected chi connectivity index (χ0v) is 13.6. The number of hydrogen-bond donors (Lipinski definition) is 0. The molecule has 0 radical (unpaired) electrons. The van der Waals surface area contributed by atoms with Gasteiger partial charge in [0.1, 0.15) is 12.4 Å². The maximum atomic E-state index is 5.98. The molecule has 2 aromatic rings. The summed E-state index contributed by atoms with van der Waals surface area (Å²) < 4.78 is 7.23. The van der Waals surface area contributed by atoms with Crippen molar-refractivity contribution in [2.24, 2.45) is 0 Å². The Bertz CT molecular complexity index is 519. The van der Waals surface area contributed by atoms with Crippen LogP contribution < -0.4 is 4.74 Å². The molecule has 0 aliphatic carbocycles. The lowest BCUT2D eigenvalue weighted by molar-refractivity contribution is 0.301. The first-order valence-corrected chi connectivity index (χ1v) is 7.74. The van der Waals surface area contributed by atoms with Gasteiger partial charge >= 0.3 is 0 Å². The Kier molecular flexibility index (Phi) is 5.25. The van der Waals surface area contributed by atoms with Crippen LogP contribution in [0.25, 0.3) is 0 Å². The highest BCUT2D eigenvalue weighted by molar-refractivity contribution is 14.1. The molecule has 2 aromatic carbocycles. The fourth-order valence-corrected chi connectivity index (χ4v) is 2.34. The standard InChI is InChI=1S/C17H19IO/c1-3-13(2)16-6-4-5-7-17(16)19-12-14-8-10-15(18)11-9-14/h4-11,13H,3,12H2,1-2H3. The van der Waals surface area contributed by atoms with Crippen LogP contribution in [-0.4, -0.2) is 0 Å². The second-order valence-corrected chi connectivity index (χ2v) is 6.01. The molecule has 1 nitrogen and oxygen atoms in total. The minimum atomic E-state index is 0.535. The third kappa shape index (κ3) is 3.96. The molecule has 0 aliphatic heterocycles. The summed E-state index contributed by atoms with van der Waals surface area (Å²) in [6.45, 7) is 5.08. The summed E-state index contributed by atoms with van der Waals surface area (Å²) in [6, 6.07) is 16.8. The summed E-state index contributed by atoms with van der Waals surface area (Å²) in [5.41, 5.74) is 2.51. The smallest absolute Gasteiger partial charge is 0.123 e. The van der Waals surface area contributed by atoms with Gasteiger partial charge in [-0.2, -0.15) is 0 Å². The molecule has 0 aliphatic rings. The topological polar surface area (TPSA) is 9.23 Å². The Balaban J connectivity index is 2.09. The number of para-hydroxylation sites is 1. The molecule has 0 saturated heterocycles. The van der Waals surface area contributed by atoms with E-state index in [2.05, 4.69) is 78.9 Å². The van der Waals surface area contributed by atoms with Crippen molar-refractivity contribution < 1.29 is 4.74 Å². The van der Waals surface area contributed by atoms with Gasteiger partial charge in [0, 0.05) is 3.57 Å². The summed E-state index contributed by atoms with van der Waals surface area (Å²) in [4.78, 5) is 0. The number of rotatable bonds is 5. The Hall–Kier alpha value is -1.03. The molecule has 0 amide bonds. The Morgan fingerprint density at radius 2 is 1.74 bits per heavy atom. The van der Waals surface area contributed by atoms with Gasteiger partial charge in [-0.15, -0.1) is 0 Å². The van der Waals surface area contributed by atoms with E-state index in [-0.39, 0.29) is 0 Å². The molecule has 0 heterocycles. The number of halogens is 1. The highest BCUT2D eigenvalue weighted by Gasteiger charge is 2.09. The van der Waals surface area contributed by atoms with Crippen molar-refractivity contribution in [3.63, 3.8) is 0 Å². The van der Waals surface area contributed by atoms with Crippen LogP contribution in [0.2, 0.25) is 0 Å². The van der Waals surface area contributed by atoms with Crippen LogP contribution in [0.3, 0.4) is 0 Å². The van der Waals surface area contributed by atoms with Crippen LogP contribution in [0, 0.1) is 3.57 Å². The molecule has 19 heavy (non-hydrogen) atoms. The summed E-state index contributed by atoms with van der Waals surface area (Å²) >= 11 is 2.31. The van der Waals surface area contributed by atoms with Crippen LogP contribution in [0.1, 0.15) is 37.3 Å². The predicted octanol–water partition coefficient (Wildman–Crippen LogP) is 5.38. The van der Waals surface area contributed by atoms with Crippen molar-refractivity contribution in [1.82, 2.24) is 0 Å². The average Bonchev–Trinajstić information content (AvgIpc) is 2.46. The summed E-state index contributed by atoms with van der Waals surface area (Å²) in [5, 5.41) is 0. The van der Waals surface area contributed by atoms with Gasteiger partial charge in [-0.25, -0.2) is 0 Å². The van der Waals surface area contributed by atoms with Gasteiger partial charge in [-0.05, 0) is 64.3 Å². The van der Waals surface area contributed by atoms with E-state index >= 15 is 0 Å². The van der Waals surface area contributed by atoms with Gasteiger partial charge in [0.15, 0.2) is 0 Å². The van der Waals surface area contributed by atoms with Crippen molar-refractivity contribution in [1.29, 1.82) is 0 Å². The highest BCUT2D eigenvalue weighted by Crippen LogP contribution is 2.28.